The summed E-state index contributed by atoms with van der Waals surface area (Å²) in [5.74, 6) is -1.57. The number of ether oxygens (including phenoxy) is 1. The van der Waals surface area contributed by atoms with Gasteiger partial charge in [0.15, 0.2) is 6.61 Å². The number of sulfonamides is 1. The highest BCUT2D eigenvalue weighted by Gasteiger charge is 2.22. The summed E-state index contributed by atoms with van der Waals surface area (Å²) in [4.78, 5) is 33.7. The second kappa shape index (κ2) is 10.00. The van der Waals surface area contributed by atoms with E-state index in [1.807, 2.05) is 24.6 Å². The molecular weight excluding hydrogens is 428 g/mol. The number of nitrogens with one attached hydrogen (secondary N) is 3. The molecule has 3 N–H and O–H groups in total. The van der Waals surface area contributed by atoms with Crippen LogP contribution in [-0.2, 0) is 24.3 Å². The Labute approximate surface area is 179 Å². The average molecular weight is 450 g/mol. The summed E-state index contributed by atoms with van der Waals surface area (Å²) in [6, 6.07) is 8.70. The Morgan fingerprint density at radius 3 is 2.32 bits per heavy atom. The van der Waals surface area contributed by atoms with Crippen molar-refractivity contribution in [3.63, 3.8) is 0 Å². The molecule has 0 aromatic heterocycles. The van der Waals surface area contributed by atoms with Crippen LogP contribution in [0.4, 0.5) is 17.1 Å². The standard InChI is InChI=1S/C19H22N4O7S/c1-12-6-13(2)8-14(7-12)22-18(24)11-30-19(25)10-21-31(28,29)15-4-5-16(20-3)17(9-15)23(26)27/h4-9,20-21H,10-11H2,1-3H3,(H,22,24). The normalized spacial score (nSPS) is 10.9. The molecule has 0 unspecified atom stereocenters. The minimum Gasteiger partial charge on any atom is -0.455 e. The Balaban J connectivity index is 1.92. The van der Waals surface area contributed by atoms with Crippen LogP contribution in [-0.4, -0.2) is 45.4 Å². The highest BCUT2D eigenvalue weighted by atomic mass is 32.2. The van der Waals surface area contributed by atoms with Crippen molar-refractivity contribution < 1.29 is 27.7 Å². The van der Waals surface area contributed by atoms with E-state index in [0.717, 1.165) is 23.3 Å². The molecule has 12 heteroatoms. The third-order valence-corrected chi connectivity index (χ3v) is 5.42. The summed E-state index contributed by atoms with van der Waals surface area (Å²) < 4.78 is 31.4. The first-order valence-corrected chi connectivity index (χ1v) is 10.5. The van der Waals surface area contributed by atoms with Gasteiger partial charge in [-0.25, -0.2) is 8.42 Å². The van der Waals surface area contributed by atoms with Gasteiger partial charge in [-0.3, -0.25) is 19.7 Å². The maximum atomic E-state index is 12.3. The molecule has 0 saturated carbocycles. The van der Waals surface area contributed by atoms with Crippen molar-refractivity contribution in [2.45, 2.75) is 18.7 Å². The van der Waals surface area contributed by atoms with Crippen LogP contribution in [0.2, 0.25) is 0 Å². The number of amides is 1. The molecule has 0 aliphatic carbocycles. The lowest BCUT2D eigenvalue weighted by Crippen LogP contribution is -2.32. The van der Waals surface area contributed by atoms with Crippen LogP contribution in [0.5, 0.6) is 0 Å². The molecule has 1 amide bonds. The average Bonchev–Trinajstić information content (AvgIpc) is 2.69. The molecule has 0 saturated heterocycles. The molecule has 0 aliphatic rings. The molecule has 0 spiro atoms. The molecule has 166 valence electrons. The van der Waals surface area contributed by atoms with Crippen molar-refractivity contribution in [3.05, 3.63) is 57.6 Å². The van der Waals surface area contributed by atoms with Gasteiger partial charge in [-0.2, -0.15) is 4.72 Å². The van der Waals surface area contributed by atoms with Gasteiger partial charge in [-0.1, -0.05) is 6.07 Å². The fourth-order valence-corrected chi connectivity index (χ4v) is 3.71. The number of esters is 1. The number of aryl methyl sites for hydroxylation is 2. The van der Waals surface area contributed by atoms with Gasteiger partial charge in [-0.15, -0.1) is 0 Å². The van der Waals surface area contributed by atoms with Crippen LogP contribution in [0.25, 0.3) is 0 Å². The number of nitrogens with zero attached hydrogens (tertiary/aromatic N) is 1. The van der Waals surface area contributed by atoms with E-state index in [1.54, 1.807) is 12.1 Å². The van der Waals surface area contributed by atoms with E-state index in [1.165, 1.54) is 13.1 Å². The number of benzene rings is 2. The summed E-state index contributed by atoms with van der Waals surface area (Å²) in [5.41, 5.74) is 2.15. The molecule has 0 aliphatic heterocycles. The first kappa shape index (κ1) is 23.8. The zero-order chi connectivity index (χ0) is 23.2. The second-order valence-corrected chi connectivity index (χ2v) is 8.36. The van der Waals surface area contributed by atoms with E-state index in [-0.39, 0.29) is 5.69 Å². The Morgan fingerprint density at radius 2 is 1.74 bits per heavy atom. The number of nitro groups is 1. The highest BCUT2D eigenvalue weighted by molar-refractivity contribution is 7.89. The molecular formula is C19H22N4O7S. The van der Waals surface area contributed by atoms with Gasteiger partial charge in [0.2, 0.25) is 10.0 Å². The van der Waals surface area contributed by atoms with Gasteiger partial charge in [0.1, 0.15) is 12.2 Å². The third kappa shape index (κ3) is 6.76. The predicted octanol–water partition coefficient (Wildman–Crippen LogP) is 1.71. The monoisotopic (exact) mass is 450 g/mol. The van der Waals surface area contributed by atoms with Gasteiger partial charge in [0.05, 0.1) is 9.82 Å². The Hall–Kier alpha value is -3.51. The Morgan fingerprint density at radius 1 is 1.10 bits per heavy atom. The van der Waals surface area contributed by atoms with Crippen molar-refractivity contribution in [2.24, 2.45) is 0 Å². The first-order valence-electron chi connectivity index (χ1n) is 9.01. The van der Waals surface area contributed by atoms with E-state index >= 15 is 0 Å². The van der Waals surface area contributed by atoms with E-state index < -0.39 is 50.6 Å². The number of hydrogen-bond donors (Lipinski definition) is 3. The SMILES string of the molecule is CNc1ccc(S(=O)(=O)NCC(=O)OCC(=O)Nc2cc(C)cc(C)c2)cc1[N+](=O)[O-]. The van der Waals surface area contributed by atoms with Crippen LogP contribution in [0.1, 0.15) is 11.1 Å². The van der Waals surface area contributed by atoms with Crippen LogP contribution in [0.15, 0.2) is 41.3 Å². The van der Waals surface area contributed by atoms with Gasteiger partial charge >= 0.3 is 5.97 Å². The zero-order valence-electron chi connectivity index (χ0n) is 17.1. The molecule has 0 heterocycles. The molecule has 0 radical (unpaired) electrons. The number of carbonyl (C=O) groups excluding carboxylic acids is 2. The smallest absolute Gasteiger partial charge is 0.321 e. The molecule has 0 fully saturated rings. The van der Waals surface area contributed by atoms with Gasteiger partial charge in [-0.05, 0) is 49.2 Å². The molecule has 0 bridgehead atoms. The minimum absolute atomic E-state index is 0.137. The number of hydrogen-bond acceptors (Lipinski definition) is 8. The topological polar surface area (TPSA) is 157 Å². The number of anilines is 2. The van der Waals surface area contributed by atoms with Crippen molar-refractivity contribution in [3.8, 4) is 0 Å². The Bertz CT molecular complexity index is 1100. The summed E-state index contributed by atoms with van der Waals surface area (Å²) in [5, 5.41) is 16.2. The predicted molar refractivity (Wildman–Crippen MR) is 113 cm³/mol. The van der Waals surface area contributed by atoms with Crippen LogP contribution in [0.3, 0.4) is 0 Å². The maximum absolute atomic E-state index is 12.3. The highest BCUT2D eigenvalue weighted by Crippen LogP contribution is 2.26. The Kier molecular flexibility index (Phi) is 7.67. The van der Waals surface area contributed by atoms with Crippen molar-refractivity contribution in [1.82, 2.24) is 4.72 Å². The quantitative estimate of drug-likeness (QED) is 0.296. The van der Waals surface area contributed by atoms with Gasteiger partial charge in [0, 0.05) is 18.8 Å². The number of rotatable bonds is 9. The molecule has 11 nitrogen and oxygen atoms in total. The molecule has 2 aromatic rings. The third-order valence-electron chi connectivity index (χ3n) is 4.02. The molecule has 2 rings (SSSR count). The van der Waals surface area contributed by atoms with Crippen molar-refractivity contribution in [2.75, 3.05) is 30.8 Å². The maximum Gasteiger partial charge on any atom is 0.321 e. The lowest BCUT2D eigenvalue weighted by molar-refractivity contribution is -0.384. The van der Waals surface area contributed by atoms with Gasteiger partial charge in [0.25, 0.3) is 11.6 Å². The van der Waals surface area contributed by atoms with Crippen LogP contribution < -0.4 is 15.4 Å². The number of nitro benzene ring substituents is 1. The van der Waals surface area contributed by atoms with Crippen LogP contribution >= 0.6 is 0 Å². The van der Waals surface area contributed by atoms with Crippen molar-refractivity contribution >= 4 is 39.0 Å². The van der Waals surface area contributed by atoms with E-state index in [0.29, 0.717) is 5.69 Å². The molecule has 0 atom stereocenters. The lowest BCUT2D eigenvalue weighted by atomic mass is 10.1. The van der Waals surface area contributed by atoms with E-state index in [9.17, 15) is 28.1 Å². The molecule has 2 aromatic carbocycles. The zero-order valence-corrected chi connectivity index (χ0v) is 17.9. The summed E-state index contributed by atoms with van der Waals surface area (Å²) in [7, 11) is -2.76. The molecule has 31 heavy (non-hydrogen) atoms. The first-order chi connectivity index (χ1) is 14.5. The van der Waals surface area contributed by atoms with E-state index in [4.69, 9.17) is 4.74 Å². The fourth-order valence-electron chi connectivity index (χ4n) is 2.72. The summed E-state index contributed by atoms with van der Waals surface area (Å²) in [6.07, 6.45) is 0. The van der Waals surface area contributed by atoms with E-state index in [2.05, 4.69) is 10.6 Å². The largest absolute Gasteiger partial charge is 0.455 e. The van der Waals surface area contributed by atoms with Gasteiger partial charge < -0.3 is 15.4 Å². The second-order valence-electron chi connectivity index (χ2n) is 6.60. The fraction of sp³-hybridized carbons (Fsp3) is 0.263. The number of carbonyl (C=O) groups is 2. The lowest BCUT2D eigenvalue weighted by Gasteiger charge is -2.10. The van der Waals surface area contributed by atoms with Crippen LogP contribution in [0, 0.1) is 24.0 Å². The summed E-state index contributed by atoms with van der Waals surface area (Å²) in [6.45, 7) is 2.39. The van der Waals surface area contributed by atoms with Crippen molar-refractivity contribution in [1.29, 1.82) is 0 Å². The summed E-state index contributed by atoms with van der Waals surface area (Å²) >= 11 is 0. The minimum atomic E-state index is -4.22.